The summed E-state index contributed by atoms with van der Waals surface area (Å²) >= 11 is 1.24. The topological polar surface area (TPSA) is 484 Å². The van der Waals surface area contributed by atoms with E-state index in [-0.39, 0.29) is 66.2 Å². The van der Waals surface area contributed by atoms with E-state index in [1.807, 2.05) is 4.57 Å². The number of rotatable bonds is 21. The smallest absolute Gasteiger partial charge is 0.388 e. The van der Waals surface area contributed by atoms with Crippen molar-refractivity contribution in [1.29, 1.82) is 0 Å². The molecule has 2 aliphatic heterocycles. The van der Waals surface area contributed by atoms with Crippen LogP contribution in [0.2, 0.25) is 0 Å². The first kappa shape index (κ1) is 76.0. The molecule has 0 bridgehead atoms. The van der Waals surface area contributed by atoms with Gasteiger partial charge in [0.1, 0.15) is 33.1 Å². The van der Waals surface area contributed by atoms with Crippen molar-refractivity contribution in [2.45, 2.75) is 74.2 Å². The molecule has 34 nitrogen and oxygen atoms in total. The maximum atomic E-state index is 14.5. The van der Waals surface area contributed by atoms with Gasteiger partial charge in [0.2, 0.25) is 40.2 Å². The average Bonchev–Trinajstić information content (AvgIpc) is 1.75. The van der Waals surface area contributed by atoms with Gasteiger partial charge in [0.05, 0.1) is 49.9 Å². The molecule has 0 fully saturated rings. The minimum atomic E-state index is -4.71. The normalized spacial score (nSPS) is 14.1. The number of nitrogens with one attached hydrogen (secondary N) is 4. The second kappa shape index (κ2) is 32.4. The van der Waals surface area contributed by atoms with Gasteiger partial charge in [0.15, 0.2) is 34.7 Å². The summed E-state index contributed by atoms with van der Waals surface area (Å²) in [6.07, 6.45) is 7.31. The molecule has 95 heavy (non-hydrogen) atoms. The van der Waals surface area contributed by atoms with Gasteiger partial charge in [-0.1, -0.05) is 38.8 Å². The van der Waals surface area contributed by atoms with Gasteiger partial charge in [0, 0.05) is 49.6 Å². The van der Waals surface area contributed by atoms with E-state index < -0.39 is 124 Å². The van der Waals surface area contributed by atoms with Crippen LogP contribution in [0.1, 0.15) is 43.4 Å². The number of amides is 5. The Hall–Kier alpha value is -9.73. The van der Waals surface area contributed by atoms with E-state index in [1.165, 1.54) is 85.4 Å². The fraction of sp³-hybridized carbons (Fsp3) is 0.333. The molecule has 2 aliphatic rings. The van der Waals surface area contributed by atoms with Crippen LogP contribution in [0.3, 0.4) is 0 Å². The number of carbonyl (C=O) groups excluding carboxylic acids is 3. The lowest BCUT2D eigenvalue weighted by atomic mass is 9.92. The van der Waals surface area contributed by atoms with Gasteiger partial charge in [-0.2, -0.15) is 50.3 Å². The van der Waals surface area contributed by atoms with Gasteiger partial charge in [0.25, 0.3) is 26.0 Å². The van der Waals surface area contributed by atoms with Gasteiger partial charge < -0.3 is 49.1 Å². The maximum Gasteiger partial charge on any atom is 0.388 e. The molecular weight excluding hydrogens is 1380 g/mol. The molecule has 514 valence electrons. The fourth-order valence-electron chi connectivity index (χ4n) is 7.63. The summed E-state index contributed by atoms with van der Waals surface area (Å²) in [6.45, 7) is 0.773. The van der Waals surface area contributed by atoms with Crippen molar-refractivity contribution in [3.8, 4) is 41.6 Å². The number of sulfonamides is 2. The van der Waals surface area contributed by atoms with Crippen LogP contribution in [0.4, 0.5) is 54.8 Å². The lowest BCUT2D eigenvalue weighted by Gasteiger charge is -2.28. The summed E-state index contributed by atoms with van der Waals surface area (Å²) in [4.78, 5) is 89.1. The van der Waals surface area contributed by atoms with Crippen molar-refractivity contribution in [2.75, 3.05) is 61.5 Å². The molecule has 0 radical (unpaired) electrons. The molecule has 6 heterocycles. The largest absolute Gasteiger partial charge is 0.481 e. The summed E-state index contributed by atoms with van der Waals surface area (Å²) in [5, 5.41) is 20.3. The summed E-state index contributed by atoms with van der Waals surface area (Å²) < 4.78 is 181. The standard InChI is InChI=1S/C18H17FN4O2S.C14H10F4N4O7S.C14H17N5O7S2.C5H12NO4P/c1-4-5-22-13-7-12(11(19)6-14(13)25-9-16(22)24)20-17-23-10-18(2,3)8-15(23)21-26-17;15-11(16)28-8-5-9(29-12(17)18)20-13(19-8)21-14(25)22-30(26,27)7-4-2-1-3-6(7)10(23)24;1-4-27(21,22)9-6-5-7-15-12(9)28(23,24)19-14(20)18-13-16-10(25-2)8-11(17-13)26-3;1-11(9,10)3-2-4(6)5(7)8/h1,6-7H,5,8-10H2,2-3H3;1-5,11-12H,(H,23,24)(H2,19,20,21,22,25);5-8H,4H2,1-3H3,(H2,16,17,18,19,20);4H,2-3,6H2,1H3,(H,7,8)(H,9,10). The number of nitrogens with zero attached hydrogens (tertiary/aromatic N) is 9. The third-order valence-corrected chi connectivity index (χ3v) is 18.3. The predicted molar refractivity (Wildman–Crippen MR) is 321 cm³/mol. The minimum absolute atomic E-state index is 0.0412. The van der Waals surface area contributed by atoms with Crippen LogP contribution in [0, 0.1) is 23.6 Å². The number of hydrogen-bond acceptors (Lipinski definition) is 26. The van der Waals surface area contributed by atoms with E-state index in [0.717, 1.165) is 43.2 Å². The van der Waals surface area contributed by atoms with Gasteiger partial charge in [-0.25, -0.2) is 55.0 Å². The molecule has 2 unspecified atom stereocenters. The summed E-state index contributed by atoms with van der Waals surface area (Å²) in [6, 6.07) is 7.42. The number of methoxy groups -OCH3 is 2. The Kier molecular flexibility index (Phi) is 25.9. The van der Waals surface area contributed by atoms with E-state index in [4.69, 9.17) is 41.5 Å². The molecule has 0 saturated heterocycles. The SMILES string of the molecule is C#CCN1C(=O)COc2cc(F)c(N=c3snc4n3CC(C)(C)C4)cc21.CCS(=O)(=O)c1cccnc1S(=O)(=O)NC(=O)Nc1nc(OC)cc(OC)n1.CP(=O)(O)CCC(N)C(=O)O.O=C(Nc1nc(OC(F)F)cc(OC(F)F)n1)NS(=O)(=O)c1ccccc1C(=O)O. The maximum absolute atomic E-state index is 14.5. The van der Waals surface area contributed by atoms with Crippen molar-refractivity contribution in [2.24, 2.45) is 16.1 Å². The second-order valence-electron chi connectivity index (χ2n) is 19.7. The first-order valence-corrected chi connectivity index (χ1v) is 34.0. The number of fused-ring (bicyclic) bond motifs is 2. The summed E-state index contributed by atoms with van der Waals surface area (Å²) in [5.41, 5.74) is 5.13. The molecule has 0 saturated carbocycles. The Morgan fingerprint density at radius 2 is 1.41 bits per heavy atom. The Morgan fingerprint density at radius 1 is 0.863 bits per heavy atom. The third kappa shape index (κ3) is 22.2. The molecular formula is C51H56F5N14O20PS4. The number of aromatic nitrogens is 7. The lowest BCUT2D eigenvalue weighted by Crippen LogP contribution is -2.39. The second-order valence-corrected chi connectivity index (χ2v) is 28.5. The van der Waals surface area contributed by atoms with E-state index >= 15 is 0 Å². The number of benzene rings is 2. The lowest BCUT2D eigenvalue weighted by molar-refractivity contribution is -0.138. The molecule has 0 spiro atoms. The van der Waals surface area contributed by atoms with Gasteiger partial charge in [-0.3, -0.25) is 29.7 Å². The average molecular weight is 1440 g/mol. The molecule has 44 heteroatoms. The summed E-state index contributed by atoms with van der Waals surface area (Å²) in [5.74, 6) is -3.19. The van der Waals surface area contributed by atoms with Crippen LogP contribution in [0.15, 0.2) is 86.7 Å². The first-order valence-electron chi connectivity index (χ1n) is 26.3. The van der Waals surface area contributed by atoms with E-state index in [2.05, 4.69) is 68.8 Å². The highest BCUT2D eigenvalue weighted by molar-refractivity contribution is 7.93. The molecule has 2 aromatic carbocycles. The molecule has 2 atom stereocenters. The number of nitrogens with two attached hydrogens (primary N) is 1. The van der Waals surface area contributed by atoms with Crippen LogP contribution in [0.5, 0.6) is 29.3 Å². The number of alkyl halides is 4. The molecule has 0 aliphatic carbocycles. The van der Waals surface area contributed by atoms with Crippen LogP contribution in [-0.4, -0.2) is 169 Å². The highest BCUT2D eigenvalue weighted by Crippen LogP contribution is 2.38. The van der Waals surface area contributed by atoms with Crippen molar-refractivity contribution < 1.29 is 115 Å². The minimum Gasteiger partial charge on any atom is -0.481 e. The number of carboxylic acid groups (broad SMARTS) is 2. The number of hydrogen-bond donors (Lipinski definition) is 8. The zero-order valence-corrected chi connectivity index (χ0v) is 54.1. The number of pyridine rings is 1. The van der Waals surface area contributed by atoms with Crippen LogP contribution in [-0.2, 0) is 57.0 Å². The summed E-state index contributed by atoms with van der Waals surface area (Å²) in [7, 11) is -13.7. The van der Waals surface area contributed by atoms with E-state index in [1.54, 1.807) is 10.0 Å². The number of anilines is 3. The number of carbonyl (C=O) groups is 5. The van der Waals surface area contributed by atoms with Crippen LogP contribution < -0.4 is 59.2 Å². The Labute approximate surface area is 539 Å². The number of halogens is 5. The van der Waals surface area contributed by atoms with Crippen molar-refractivity contribution >= 4 is 102 Å². The number of carboxylic acids is 2. The van der Waals surface area contributed by atoms with E-state index in [9.17, 15) is 75.7 Å². The number of aliphatic carboxylic acids is 1. The van der Waals surface area contributed by atoms with Crippen molar-refractivity contribution in [3.05, 3.63) is 88.9 Å². The van der Waals surface area contributed by atoms with Gasteiger partial charge in [-0.15, -0.1) is 6.42 Å². The molecule has 9 N–H and O–H groups in total. The van der Waals surface area contributed by atoms with Crippen LogP contribution in [0.25, 0.3) is 0 Å². The number of terminal acetylenes is 1. The highest BCUT2D eigenvalue weighted by atomic mass is 32.2. The van der Waals surface area contributed by atoms with E-state index in [0.29, 0.717) is 22.3 Å². The predicted octanol–water partition coefficient (Wildman–Crippen LogP) is 4.03. The van der Waals surface area contributed by atoms with Crippen molar-refractivity contribution in [1.82, 2.24) is 43.3 Å². The molecule has 6 aromatic rings. The number of sulfone groups is 1. The molecule has 4 aromatic heterocycles. The number of ether oxygens (including phenoxy) is 5. The Balaban J connectivity index is 0.000000239. The van der Waals surface area contributed by atoms with Crippen molar-refractivity contribution in [3.63, 3.8) is 0 Å². The molecule has 5 amide bonds. The van der Waals surface area contributed by atoms with Gasteiger partial charge in [-0.05, 0) is 42.2 Å². The number of aromatic carboxylic acids is 1. The van der Waals surface area contributed by atoms with Gasteiger partial charge >= 0.3 is 37.2 Å². The number of urea groups is 2. The zero-order chi connectivity index (χ0) is 71.0. The molecule has 8 rings (SSSR count). The quantitative estimate of drug-likeness (QED) is 0.0286. The Morgan fingerprint density at radius 3 is 1.94 bits per heavy atom. The Bertz CT molecular complexity index is 4320. The van der Waals surface area contributed by atoms with Crippen LogP contribution >= 0.6 is 18.9 Å². The highest BCUT2D eigenvalue weighted by Gasteiger charge is 2.33. The first-order chi connectivity index (χ1) is 44.3. The third-order valence-electron chi connectivity index (χ3n) is 11.8. The fourth-order valence-corrected chi connectivity index (χ4v) is 12.8. The zero-order valence-electron chi connectivity index (χ0n) is 50.0. The monoisotopic (exact) mass is 1440 g/mol.